The molecular formula is C14H20F9GeO3Zr. The summed E-state index contributed by atoms with van der Waals surface area (Å²) in [5.74, 6) is 0. The van der Waals surface area contributed by atoms with Gasteiger partial charge in [-0.25, -0.2) is 0 Å². The van der Waals surface area contributed by atoms with Gasteiger partial charge in [-0.05, 0) is 0 Å². The second-order valence-electron chi connectivity index (χ2n) is 5.85. The average Bonchev–Trinajstić information content (AvgIpc) is 2.98. The molecule has 165 valence electrons. The Morgan fingerprint density at radius 2 is 1.14 bits per heavy atom. The zero-order chi connectivity index (χ0) is 22.1. The monoisotopic (exact) mass is 571 g/mol. The molecule has 0 saturated heterocycles. The quantitative estimate of drug-likeness (QED) is 0.280. The van der Waals surface area contributed by atoms with E-state index < -0.39 is 71.6 Å². The third kappa shape index (κ3) is 3.46. The first-order chi connectivity index (χ1) is 12.6. The van der Waals surface area contributed by atoms with Gasteiger partial charge in [-0.2, -0.15) is 0 Å². The van der Waals surface area contributed by atoms with Gasteiger partial charge in [0.25, 0.3) is 0 Å². The van der Waals surface area contributed by atoms with E-state index in [2.05, 4.69) is 0 Å². The molecular weight excluding hydrogens is 551 g/mol. The van der Waals surface area contributed by atoms with Gasteiger partial charge >= 0.3 is 159 Å². The van der Waals surface area contributed by atoms with Crippen LogP contribution in [0, 0.1) is 0 Å². The second-order valence-corrected chi connectivity index (χ2v) is 41.4. The van der Waals surface area contributed by atoms with Crippen molar-refractivity contribution in [2.45, 2.75) is 42.2 Å². The molecule has 1 aliphatic rings. The van der Waals surface area contributed by atoms with E-state index in [1.807, 2.05) is 0 Å². The first-order valence-electron chi connectivity index (χ1n) is 8.27. The maximum absolute atomic E-state index is 14.1. The Balaban J connectivity index is 4.37. The van der Waals surface area contributed by atoms with Crippen LogP contribution in [0.3, 0.4) is 0 Å². The summed E-state index contributed by atoms with van der Waals surface area (Å²) in [6.07, 6.45) is 2.42. The molecule has 0 fully saturated rings. The molecule has 3 nitrogen and oxygen atoms in total. The number of hydrogen-bond acceptors (Lipinski definition) is 3. The number of alkyl halides is 9. The predicted molar refractivity (Wildman–Crippen MR) is 80.6 cm³/mol. The number of hydrogen-bond donors (Lipinski definition) is 0. The van der Waals surface area contributed by atoms with Crippen LogP contribution in [0.4, 0.5) is 39.5 Å². The molecule has 0 bridgehead atoms. The fourth-order valence-electron chi connectivity index (χ4n) is 3.74. The van der Waals surface area contributed by atoms with E-state index in [1.165, 1.54) is 0 Å². The summed E-state index contributed by atoms with van der Waals surface area (Å²) < 4.78 is 141. The first kappa shape index (κ1) is 26.2. The maximum atomic E-state index is 14.1. The van der Waals surface area contributed by atoms with Crippen LogP contribution in [0.25, 0.3) is 0 Å². The molecule has 1 rings (SSSR count). The Kier molecular flexibility index (Phi) is 7.82. The Hall–Kier alpha value is 0.156. The van der Waals surface area contributed by atoms with Crippen molar-refractivity contribution in [3.05, 3.63) is 21.5 Å². The van der Waals surface area contributed by atoms with Gasteiger partial charge in [0.2, 0.25) is 0 Å². The van der Waals surface area contributed by atoms with Crippen LogP contribution >= 0.6 is 0 Å². The van der Waals surface area contributed by atoms with E-state index in [-0.39, 0.29) is 0 Å². The van der Waals surface area contributed by atoms with E-state index in [0.717, 1.165) is 39.0 Å². The summed E-state index contributed by atoms with van der Waals surface area (Å²) in [6, 6.07) is 0. The van der Waals surface area contributed by atoms with Gasteiger partial charge in [-0.1, -0.05) is 0 Å². The van der Waals surface area contributed by atoms with Crippen molar-refractivity contribution >= 4 is 9.48 Å². The molecule has 0 aromatic carbocycles. The molecule has 14 heteroatoms. The van der Waals surface area contributed by atoms with Crippen molar-refractivity contribution in [1.29, 1.82) is 0 Å². The van der Waals surface area contributed by atoms with Crippen LogP contribution in [0.1, 0.15) is 27.2 Å². The Bertz CT molecular complexity index is 569. The molecule has 0 atom stereocenters. The second kappa shape index (κ2) is 8.35. The van der Waals surface area contributed by atoms with Gasteiger partial charge in [0.1, 0.15) is 0 Å². The summed E-state index contributed by atoms with van der Waals surface area (Å²) >= 11 is -8.28. The number of allylic oxidation sites excluding steroid dienone is 4. The van der Waals surface area contributed by atoms with Crippen molar-refractivity contribution in [3.63, 3.8) is 0 Å². The van der Waals surface area contributed by atoms with Crippen LogP contribution < -0.4 is 0 Å². The predicted octanol–water partition coefficient (Wildman–Crippen LogP) is 5.62. The molecule has 0 aromatic rings. The van der Waals surface area contributed by atoms with Gasteiger partial charge in [-0.3, -0.25) is 0 Å². The Morgan fingerprint density at radius 1 is 0.786 bits per heavy atom. The number of halogens is 9. The average molecular weight is 571 g/mol. The summed E-state index contributed by atoms with van der Waals surface area (Å²) in [4.78, 5) is 0. The molecule has 0 unspecified atom stereocenters. The van der Waals surface area contributed by atoms with Crippen molar-refractivity contribution in [2.24, 2.45) is 0 Å². The van der Waals surface area contributed by atoms with Crippen molar-refractivity contribution < 1.29 is 65.5 Å². The van der Waals surface area contributed by atoms with Gasteiger partial charge in [0.15, 0.2) is 0 Å². The molecule has 0 aliphatic heterocycles. The van der Waals surface area contributed by atoms with Gasteiger partial charge in [0, 0.05) is 0 Å². The molecule has 0 radical (unpaired) electrons. The van der Waals surface area contributed by atoms with E-state index in [0.29, 0.717) is 0 Å². The van der Waals surface area contributed by atoms with E-state index in [9.17, 15) is 39.5 Å². The zero-order valence-electron chi connectivity index (χ0n) is 15.2. The SMILES string of the molecule is CC[O][Zr]([O]CC)([O]CC)([C]1=CC=CC1)[Ge]([C](F)(F)F)([C](F)(F)F)[C](F)(F)F. The molecule has 28 heavy (non-hydrogen) atoms. The molecule has 0 amide bonds. The summed E-state index contributed by atoms with van der Waals surface area (Å²) in [7, 11) is -9.29. The molecule has 1 aliphatic carbocycles. The fourth-order valence-corrected chi connectivity index (χ4v) is 60.0. The van der Waals surface area contributed by atoms with Gasteiger partial charge < -0.3 is 0 Å². The third-order valence-electron chi connectivity index (χ3n) is 4.47. The number of rotatable bonds is 8. The van der Waals surface area contributed by atoms with Crippen LogP contribution in [0.15, 0.2) is 21.5 Å². The molecule has 0 N–H and O–H groups in total. The van der Waals surface area contributed by atoms with Crippen molar-refractivity contribution in [1.82, 2.24) is 0 Å². The van der Waals surface area contributed by atoms with E-state index in [4.69, 9.17) is 8.44 Å². The summed E-state index contributed by atoms with van der Waals surface area (Å²) in [6.45, 7) is 0.465. The minimum atomic E-state index is -9.29. The van der Waals surface area contributed by atoms with Crippen LogP contribution in [-0.2, 0) is 26.0 Å². The van der Waals surface area contributed by atoms with Crippen LogP contribution in [0.2, 0.25) is 0 Å². The summed E-state index contributed by atoms with van der Waals surface area (Å²) in [5, 5.41) is -20.0. The summed E-state index contributed by atoms with van der Waals surface area (Å²) in [5.41, 5.74) is 0. The molecule has 0 saturated carbocycles. The zero-order valence-corrected chi connectivity index (χ0v) is 19.7. The van der Waals surface area contributed by atoms with Crippen LogP contribution in [0.5, 0.6) is 0 Å². The van der Waals surface area contributed by atoms with Crippen molar-refractivity contribution in [3.8, 4) is 0 Å². The van der Waals surface area contributed by atoms with E-state index >= 15 is 0 Å². The normalized spacial score (nSPS) is 18.1. The fraction of sp³-hybridized carbons (Fsp3) is 0.714. The van der Waals surface area contributed by atoms with Gasteiger partial charge in [0.05, 0.1) is 0 Å². The third-order valence-corrected chi connectivity index (χ3v) is 58.9. The first-order valence-corrected chi connectivity index (χ1v) is 23.1. The standard InChI is InChI=1S/C5H5.C3F9Ge.3C2H5O.Zr/c1-2-4-5-3-1;4-1(5,6)13(2(7,8)9)3(10,11)12;3*1-2-3;/h1-3H,4H2;;3*2H2,1H3;/q;;3*-1;+3. The molecule has 0 aromatic heterocycles. The van der Waals surface area contributed by atoms with E-state index in [1.54, 1.807) is 0 Å². The van der Waals surface area contributed by atoms with Crippen LogP contribution in [-0.4, -0.2) is 44.3 Å². The minimum absolute atomic E-state index is 0.597. The molecule has 0 heterocycles. The molecule has 0 spiro atoms. The van der Waals surface area contributed by atoms with Gasteiger partial charge in [-0.15, -0.1) is 0 Å². The Labute approximate surface area is 158 Å². The topological polar surface area (TPSA) is 27.7 Å². The van der Waals surface area contributed by atoms with Crippen molar-refractivity contribution in [2.75, 3.05) is 19.8 Å². The Morgan fingerprint density at radius 3 is 1.36 bits per heavy atom.